The Hall–Kier alpha value is -3.09. The predicted molar refractivity (Wildman–Crippen MR) is 99.5 cm³/mol. The third-order valence-electron chi connectivity index (χ3n) is 4.85. The largest absolute Gasteiger partial charge is 0.508 e. The lowest BCUT2D eigenvalue weighted by molar-refractivity contribution is 0.0741. The molecule has 2 N–H and O–H groups in total. The number of nitrogens with one attached hydrogen (secondary N) is 1. The van der Waals surface area contributed by atoms with Crippen molar-refractivity contribution in [1.82, 2.24) is 19.9 Å². The van der Waals surface area contributed by atoms with Crippen molar-refractivity contribution < 1.29 is 9.90 Å². The molecule has 1 saturated heterocycles. The summed E-state index contributed by atoms with van der Waals surface area (Å²) in [5.41, 5.74) is 2.44. The molecule has 134 valence electrons. The monoisotopic (exact) mass is 351 g/mol. The van der Waals surface area contributed by atoms with Crippen LogP contribution in [0.3, 0.4) is 0 Å². The zero-order valence-electron chi connectivity index (χ0n) is 14.6. The topological polar surface area (TPSA) is 85.3 Å². The summed E-state index contributed by atoms with van der Waals surface area (Å²) in [5, 5.41) is 10.5. The Morgan fingerprint density at radius 1 is 1.23 bits per heavy atom. The average Bonchev–Trinajstić information content (AvgIpc) is 3.10. The van der Waals surface area contributed by atoms with Gasteiger partial charge in [-0.1, -0.05) is 6.92 Å². The Morgan fingerprint density at radius 2 is 2.04 bits per heavy atom. The molecule has 1 aliphatic rings. The number of benzene rings is 1. The molecule has 0 saturated carbocycles. The number of phenolic OH excluding ortho intramolecular Hbond substituents is 1. The molecule has 2 aromatic heterocycles. The lowest BCUT2D eigenvalue weighted by Gasteiger charge is -2.35. The summed E-state index contributed by atoms with van der Waals surface area (Å²) < 4.78 is 0. The Labute approximate surface area is 151 Å². The minimum absolute atomic E-state index is 0.0151. The normalized spacial score (nSPS) is 14.8. The van der Waals surface area contributed by atoms with E-state index in [0.29, 0.717) is 18.8 Å². The molecule has 4 rings (SSSR count). The minimum atomic E-state index is -0.0151. The number of fused-ring (bicyclic) bond motifs is 1. The zero-order chi connectivity index (χ0) is 18.1. The number of carbonyl (C=O) groups excluding carboxylic acids is 1. The van der Waals surface area contributed by atoms with Crippen molar-refractivity contribution >= 4 is 22.6 Å². The molecule has 1 aromatic carbocycles. The lowest BCUT2D eigenvalue weighted by atomic mass is 10.2. The molecule has 0 atom stereocenters. The molecule has 26 heavy (non-hydrogen) atoms. The van der Waals surface area contributed by atoms with Crippen LogP contribution < -0.4 is 4.90 Å². The molecule has 7 nitrogen and oxygen atoms in total. The number of carbonyl (C=O) groups is 1. The predicted octanol–water partition coefficient (Wildman–Crippen LogP) is 2.19. The van der Waals surface area contributed by atoms with Gasteiger partial charge in [-0.05, 0) is 24.6 Å². The molecule has 1 amide bonds. The highest BCUT2D eigenvalue weighted by Gasteiger charge is 2.25. The van der Waals surface area contributed by atoms with E-state index >= 15 is 0 Å². The van der Waals surface area contributed by atoms with Crippen LogP contribution in [0.15, 0.2) is 36.8 Å². The third kappa shape index (κ3) is 2.96. The first-order valence-electron chi connectivity index (χ1n) is 8.80. The van der Waals surface area contributed by atoms with Crippen LogP contribution >= 0.6 is 0 Å². The average molecular weight is 351 g/mol. The third-order valence-corrected chi connectivity index (χ3v) is 4.85. The molecular formula is C19H21N5O2. The summed E-state index contributed by atoms with van der Waals surface area (Å²) >= 11 is 0. The molecule has 7 heteroatoms. The first-order chi connectivity index (χ1) is 12.7. The van der Waals surface area contributed by atoms with Gasteiger partial charge in [-0.15, -0.1) is 0 Å². The fraction of sp³-hybridized carbons (Fsp3) is 0.316. The summed E-state index contributed by atoms with van der Waals surface area (Å²) in [6, 6.07) is 6.89. The fourth-order valence-corrected chi connectivity index (χ4v) is 3.41. The van der Waals surface area contributed by atoms with Crippen LogP contribution in [0, 0.1) is 0 Å². The number of aromatic nitrogens is 3. The fourth-order valence-electron chi connectivity index (χ4n) is 3.41. The number of nitrogens with zero attached hydrogens (tertiary/aromatic N) is 4. The second-order valence-electron chi connectivity index (χ2n) is 6.46. The summed E-state index contributed by atoms with van der Waals surface area (Å²) in [6.07, 6.45) is 4.32. The Bertz CT molecular complexity index is 944. The van der Waals surface area contributed by atoms with Crippen molar-refractivity contribution in [3.05, 3.63) is 48.0 Å². The number of hydrogen-bond donors (Lipinski definition) is 2. The van der Waals surface area contributed by atoms with E-state index in [1.54, 1.807) is 24.5 Å². The van der Waals surface area contributed by atoms with Crippen molar-refractivity contribution in [2.45, 2.75) is 13.3 Å². The van der Waals surface area contributed by atoms with Gasteiger partial charge in [0.15, 0.2) is 0 Å². The second kappa shape index (κ2) is 6.67. The van der Waals surface area contributed by atoms with Gasteiger partial charge in [0, 0.05) is 54.9 Å². The number of aryl methyl sites for hydroxylation is 1. The van der Waals surface area contributed by atoms with Crippen molar-refractivity contribution in [2.75, 3.05) is 31.1 Å². The van der Waals surface area contributed by atoms with Gasteiger partial charge < -0.3 is 19.9 Å². The van der Waals surface area contributed by atoms with E-state index < -0.39 is 0 Å². The van der Waals surface area contributed by atoms with Crippen molar-refractivity contribution in [1.29, 1.82) is 0 Å². The van der Waals surface area contributed by atoms with Crippen molar-refractivity contribution in [3.8, 4) is 5.75 Å². The molecular weight excluding hydrogens is 330 g/mol. The number of aromatic hydroxyl groups is 1. The van der Waals surface area contributed by atoms with Crippen molar-refractivity contribution in [2.24, 2.45) is 0 Å². The number of anilines is 1. The molecule has 0 spiro atoms. The van der Waals surface area contributed by atoms with Gasteiger partial charge >= 0.3 is 0 Å². The van der Waals surface area contributed by atoms with Crippen LogP contribution in [0.2, 0.25) is 0 Å². The highest BCUT2D eigenvalue weighted by atomic mass is 16.3. The second-order valence-corrected chi connectivity index (χ2v) is 6.46. The number of aromatic amines is 1. The quantitative estimate of drug-likeness (QED) is 0.755. The van der Waals surface area contributed by atoms with Gasteiger partial charge in [0.05, 0.1) is 0 Å². The number of amides is 1. The van der Waals surface area contributed by atoms with Gasteiger partial charge in [-0.2, -0.15) is 0 Å². The first kappa shape index (κ1) is 16.4. The van der Waals surface area contributed by atoms with Crippen LogP contribution in [-0.2, 0) is 6.42 Å². The summed E-state index contributed by atoms with van der Waals surface area (Å²) in [4.78, 5) is 28.5. The molecule has 3 aromatic rings. The Balaban J connectivity index is 1.47. The number of rotatable bonds is 3. The van der Waals surface area contributed by atoms with Crippen LogP contribution in [-0.4, -0.2) is 57.0 Å². The molecule has 0 radical (unpaired) electrons. The van der Waals surface area contributed by atoms with E-state index in [1.165, 1.54) is 0 Å². The maximum Gasteiger partial charge on any atom is 0.270 e. The zero-order valence-corrected chi connectivity index (χ0v) is 14.6. The minimum Gasteiger partial charge on any atom is -0.508 e. The first-order valence-corrected chi connectivity index (χ1v) is 8.80. The van der Waals surface area contributed by atoms with Crippen LogP contribution in [0.5, 0.6) is 5.75 Å². The molecule has 1 fully saturated rings. The maximum absolute atomic E-state index is 12.8. The van der Waals surface area contributed by atoms with Crippen LogP contribution in [0.1, 0.15) is 23.0 Å². The summed E-state index contributed by atoms with van der Waals surface area (Å²) in [7, 11) is 0. The molecule has 3 heterocycles. The van der Waals surface area contributed by atoms with Crippen LogP contribution in [0.25, 0.3) is 10.9 Å². The highest BCUT2D eigenvalue weighted by Crippen LogP contribution is 2.22. The SMILES string of the molecule is CCc1cncnc1N1CCN(C(=O)c2cc3ccc(O)cc3[nH]2)CC1. The van der Waals surface area contributed by atoms with Gasteiger partial charge in [0.1, 0.15) is 23.6 Å². The standard InChI is InChI=1S/C19H21N5O2/c1-2-13-11-20-12-21-18(13)23-5-7-24(8-6-23)19(26)17-9-14-3-4-15(25)10-16(14)22-17/h3-4,9-12,22,25H,2,5-8H2,1H3. The Kier molecular flexibility index (Phi) is 4.20. The number of piperazine rings is 1. The van der Waals surface area contributed by atoms with E-state index in [2.05, 4.69) is 26.8 Å². The smallest absolute Gasteiger partial charge is 0.270 e. The van der Waals surface area contributed by atoms with Gasteiger partial charge in [-0.3, -0.25) is 4.79 Å². The maximum atomic E-state index is 12.8. The van der Waals surface area contributed by atoms with Gasteiger partial charge in [-0.25, -0.2) is 9.97 Å². The van der Waals surface area contributed by atoms with E-state index in [1.807, 2.05) is 17.2 Å². The molecule has 1 aliphatic heterocycles. The molecule has 0 bridgehead atoms. The number of hydrogen-bond acceptors (Lipinski definition) is 5. The number of H-pyrrole nitrogens is 1. The van der Waals surface area contributed by atoms with E-state index in [-0.39, 0.29) is 11.7 Å². The van der Waals surface area contributed by atoms with Gasteiger partial charge in [0.25, 0.3) is 5.91 Å². The van der Waals surface area contributed by atoms with Gasteiger partial charge in [0.2, 0.25) is 0 Å². The van der Waals surface area contributed by atoms with Crippen LogP contribution in [0.4, 0.5) is 5.82 Å². The summed E-state index contributed by atoms with van der Waals surface area (Å²) in [6.45, 7) is 4.88. The van der Waals surface area contributed by atoms with E-state index in [9.17, 15) is 9.90 Å². The lowest BCUT2D eigenvalue weighted by Crippen LogP contribution is -2.49. The van der Waals surface area contributed by atoms with E-state index in [0.717, 1.165) is 41.8 Å². The Morgan fingerprint density at radius 3 is 2.81 bits per heavy atom. The number of phenols is 1. The van der Waals surface area contributed by atoms with Crippen molar-refractivity contribution in [3.63, 3.8) is 0 Å². The molecule has 0 aliphatic carbocycles. The summed E-state index contributed by atoms with van der Waals surface area (Å²) in [5.74, 6) is 1.14. The highest BCUT2D eigenvalue weighted by molar-refractivity contribution is 5.98. The van der Waals surface area contributed by atoms with E-state index in [4.69, 9.17) is 0 Å². The molecule has 0 unspecified atom stereocenters.